The number of thiazole rings is 1. The number of nitrogens with zero attached hydrogens (tertiary/aromatic N) is 1. The Morgan fingerprint density at radius 1 is 1.91 bits per heavy atom. The summed E-state index contributed by atoms with van der Waals surface area (Å²) in [5.41, 5.74) is 5.68. The van der Waals surface area contributed by atoms with Crippen molar-refractivity contribution >= 4 is 17.2 Å². The van der Waals surface area contributed by atoms with E-state index < -0.39 is 0 Å². The van der Waals surface area contributed by atoms with E-state index in [9.17, 15) is 0 Å². The summed E-state index contributed by atoms with van der Waals surface area (Å²) in [6, 6.07) is 0. The van der Waals surface area contributed by atoms with Crippen LogP contribution in [0.4, 0.5) is 0 Å². The smallest absolute Gasteiger partial charge is 0.273 e. The zero-order valence-electron chi connectivity index (χ0n) is 6.13. The van der Waals surface area contributed by atoms with E-state index in [0.717, 1.165) is 0 Å². The van der Waals surface area contributed by atoms with Gasteiger partial charge in [0.15, 0.2) is 0 Å². The number of hydrogen-bond acceptors (Lipinski definition) is 4. The van der Waals surface area contributed by atoms with Crippen molar-refractivity contribution in [1.82, 2.24) is 4.98 Å². The molecular weight excluding hydrogens is 162 g/mol. The van der Waals surface area contributed by atoms with Crippen LogP contribution in [-0.4, -0.2) is 17.4 Å². The van der Waals surface area contributed by atoms with Crippen molar-refractivity contribution in [3.8, 4) is 5.19 Å². The highest BCUT2D eigenvalue weighted by Crippen LogP contribution is 2.17. The highest BCUT2D eigenvalue weighted by Gasteiger charge is 2.03. The van der Waals surface area contributed by atoms with Gasteiger partial charge >= 0.3 is 0 Å². The lowest BCUT2D eigenvalue weighted by molar-refractivity contribution is 0.338. The molecule has 0 unspecified atom stereocenters. The molecule has 4 nitrogen and oxygen atoms in total. The molecule has 0 atom stereocenters. The summed E-state index contributed by atoms with van der Waals surface area (Å²) in [5, 5.41) is 9.32. The maximum Gasteiger partial charge on any atom is 0.273 e. The lowest BCUT2D eigenvalue weighted by Gasteiger charge is -1.93. The maximum absolute atomic E-state index is 7.05. The second kappa shape index (κ2) is 3.34. The highest BCUT2D eigenvalue weighted by atomic mass is 32.1. The van der Waals surface area contributed by atoms with Crippen LogP contribution in [-0.2, 0) is 0 Å². The Morgan fingerprint density at radius 3 is 3.09 bits per heavy atom. The van der Waals surface area contributed by atoms with Crippen molar-refractivity contribution in [3.05, 3.63) is 11.1 Å². The molecule has 0 amide bonds. The summed E-state index contributed by atoms with van der Waals surface area (Å²) in [6.07, 6.45) is 0. The summed E-state index contributed by atoms with van der Waals surface area (Å²) < 4.78 is 5.09. The van der Waals surface area contributed by atoms with Crippen LogP contribution in [0.1, 0.15) is 12.6 Å². The molecule has 0 radical (unpaired) electrons. The molecule has 0 aliphatic heterocycles. The van der Waals surface area contributed by atoms with E-state index >= 15 is 0 Å². The first-order valence-electron chi connectivity index (χ1n) is 3.16. The lowest BCUT2D eigenvalue weighted by atomic mass is 10.5. The molecule has 0 saturated carbocycles. The monoisotopic (exact) mass is 171 g/mol. The molecule has 1 heterocycles. The fraction of sp³-hybridized carbons (Fsp3) is 0.333. The second-order valence-corrected chi connectivity index (χ2v) is 2.67. The van der Waals surface area contributed by atoms with Gasteiger partial charge in [-0.15, -0.1) is 0 Å². The van der Waals surface area contributed by atoms with Crippen LogP contribution in [0.2, 0.25) is 0 Å². The molecule has 0 aromatic carbocycles. The van der Waals surface area contributed by atoms with E-state index in [4.69, 9.17) is 15.9 Å². The molecule has 1 aromatic heterocycles. The maximum atomic E-state index is 7.05. The molecule has 0 bridgehead atoms. The Bertz CT molecular complexity index is 258. The number of hydrogen-bond donors (Lipinski definition) is 2. The number of rotatable bonds is 3. The molecule has 60 valence electrons. The van der Waals surface area contributed by atoms with Crippen molar-refractivity contribution < 1.29 is 4.74 Å². The van der Waals surface area contributed by atoms with Gasteiger partial charge in [0.05, 0.1) is 6.61 Å². The first kappa shape index (κ1) is 8.00. The third-order valence-electron chi connectivity index (χ3n) is 1.03. The molecule has 11 heavy (non-hydrogen) atoms. The fourth-order valence-corrected chi connectivity index (χ4v) is 1.30. The quantitative estimate of drug-likeness (QED) is 0.522. The Kier molecular flexibility index (Phi) is 2.43. The largest absolute Gasteiger partial charge is 0.470 e. The molecule has 3 N–H and O–H groups in total. The van der Waals surface area contributed by atoms with E-state index in [0.29, 0.717) is 17.5 Å². The highest BCUT2D eigenvalue weighted by molar-refractivity contribution is 7.11. The predicted molar refractivity (Wildman–Crippen MR) is 44.3 cm³/mol. The summed E-state index contributed by atoms with van der Waals surface area (Å²) >= 11 is 1.35. The topological polar surface area (TPSA) is 72.0 Å². The molecule has 1 aromatic rings. The number of nitrogens with one attached hydrogen (secondary N) is 1. The first-order valence-corrected chi connectivity index (χ1v) is 4.04. The minimum atomic E-state index is -0.0211. The van der Waals surface area contributed by atoms with Crippen molar-refractivity contribution in [2.75, 3.05) is 6.61 Å². The Labute approximate surface area is 68.5 Å². The standard InChI is InChI=1S/C6H9N3OS/c1-2-10-6-9-4(3-11-6)5(7)8/h3H,2H2,1H3,(H3,7,8). The summed E-state index contributed by atoms with van der Waals surface area (Å²) in [7, 11) is 0. The van der Waals surface area contributed by atoms with Crippen molar-refractivity contribution in [3.63, 3.8) is 0 Å². The zero-order chi connectivity index (χ0) is 8.27. The number of ether oxygens (including phenoxy) is 1. The molecule has 0 aliphatic rings. The van der Waals surface area contributed by atoms with Crippen LogP contribution in [0, 0.1) is 5.41 Å². The zero-order valence-corrected chi connectivity index (χ0v) is 6.94. The number of nitrogens with two attached hydrogens (primary N) is 1. The van der Waals surface area contributed by atoms with Crippen LogP contribution < -0.4 is 10.5 Å². The molecular formula is C6H9N3OS. The van der Waals surface area contributed by atoms with Gasteiger partial charge in [0, 0.05) is 5.38 Å². The minimum absolute atomic E-state index is 0.0211. The van der Waals surface area contributed by atoms with E-state index in [-0.39, 0.29) is 5.84 Å². The van der Waals surface area contributed by atoms with Gasteiger partial charge in [-0.1, -0.05) is 11.3 Å². The normalized spacial score (nSPS) is 9.55. The lowest BCUT2D eigenvalue weighted by Crippen LogP contribution is -2.11. The Morgan fingerprint density at radius 2 is 2.64 bits per heavy atom. The second-order valence-electron chi connectivity index (χ2n) is 1.85. The number of amidine groups is 1. The third kappa shape index (κ3) is 1.91. The van der Waals surface area contributed by atoms with Gasteiger partial charge in [-0.2, -0.15) is 4.98 Å². The van der Waals surface area contributed by atoms with Crippen LogP contribution in [0.3, 0.4) is 0 Å². The van der Waals surface area contributed by atoms with E-state index in [1.807, 2.05) is 6.92 Å². The van der Waals surface area contributed by atoms with Crippen LogP contribution in [0.5, 0.6) is 5.19 Å². The predicted octanol–water partition coefficient (Wildman–Crippen LogP) is 0.826. The van der Waals surface area contributed by atoms with E-state index in [2.05, 4.69) is 4.98 Å². The molecule has 0 saturated heterocycles. The SMILES string of the molecule is CCOc1nc(C(=N)N)cs1. The average Bonchev–Trinajstić information content (AvgIpc) is 2.37. The van der Waals surface area contributed by atoms with Gasteiger partial charge in [-0.05, 0) is 6.92 Å². The van der Waals surface area contributed by atoms with E-state index in [1.165, 1.54) is 11.3 Å². The summed E-state index contributed by atoms with van der Waals surface area (Å²) in [5.74, 6) is -0.0211. The van der Waals surface area contributed by atoms with Gasteiger partial charge < -0.3 is 10.5 Å². The van der Waals surface area contributed by atoms with E-state index in [1.54, 1.807) is 5.38 Å². The molecule has 0 fully saturated rings. The number of aromatic nitrogens is 1. The Balaban J connectivity index is 2.73. The van der Waals surface area contributed by atoms with Crippen molar-refractivity contribution in [1.29, 1.82) is 5.41 Å². The van der Waals surface area contributed by atoms with Gasteiger partial charge in [-0.25, -0.2) is 0 Å². The molecule has 5 heteroatoms. The van der Waals surface area contributed by atoms with Crippen LogP contribution in [0.25, 0.3) is 0 Å². The molecule has 1 rings (SSSR count). The molecule has 0 spiro atoms. The van der Waals surface area contributed by atoms with Gasteiger partial charge in [-0.3, -0.25) is 5.41 Å². The number of nitrogen functional groups attached to an aromatic ring is 1. The van der Waals surface area contributed by atoms with Gasteiger partial charge in [0.25, 0.3) is 5.19 Å². The minimum Gasteiger partial charge on any atom is -0.470 e. The fourth-order valence-electron chi connectivity index (χ4n) is 0.571. The van der Waals surface area contributed by atoms with Gasteiger partial charge in [0.2, 0.25) is 0 Å². The van der Waals surface area contributed by atoms with Crippen LogP contribution in [0.15, 0.2) is 5.38 Å². The van der Waals surface area contributed by atoms with Crippen molar-refractivity contribution in [2.45, 2.75) is 6.92 Å². The molecule has 0 aliphatic carbocycles. The van der Waals surface area contributed by atoms with Crippen LogP contribution >= 0.6 is 11.3 Å². The summed E-state index contributed by atoms with van der Waals surface area (Å²) in [6.45, 7) is 2.47. The Hall–Kier alpha value is -1.10. The average molecular weight is 171 g/mol. The van der Waals surface area contributed by atoms with Gasteiger partial charge in [0.1, 0.15) is 11.5 Å². The first-order chi connectivity index (χ1) is 5.24. The summed E-state index contributed by atoms with van der Waals surface area (Å²) in [4.78, 5) is 3.95. The van der Waals surface area contributed by atoms with Crippen molar-refractivity contribution in [2.24, 2.45) is 5.73 Å². The third-order valence-corrected chi connectivity index (χ3v) is 1.78.